The lowest BCUT2D eigenvalue weighted by Crippen LogP contribution is -2.59. The van der Waals surface area contributed by atoms with Crippen LogP contribution in [0.2, 0.25) is 0 Å². The van der Waals surface area contributed by atoms with Crippen LogP contribution >= 0.6 is 0 Å². The zero-order valence-electron chi connectivity index (χ0n) is 18.3. The molecule has 8 atom stereocenters. The summed E-state index contributed by atoms with van der Waals surface area (Å²) in [4.78, 5) is 0. The van der Waals surface area contributed by atoms with Crippen molar-refractivity contribution < 1.29 is 49.6 Å². The molecule has 0 aromatic carbocycles. The van der Waals surface area contributed by atoms with E-state index in [0.29, 0.717) is 0 Å². The molecule has 0 aliphatic carbocycles. The van der Waals surface area contributed by atoms with Gasteiger partial charge in [0.15, 0.2) is 12.6 Å². The molecular formula is C21H36O10. The molecule has 6 N–H and O–H groups in total. The molecule has 0 bridgehead atoms. The lowest BCUT2D eigenvalue weighted by atomic mass is 9.99. The van der Waals surface area contributed by atoms with Gasteiger partial charge in [0.05, 0.1) is 26.4 Å². The van der Waals surface area contributed by atoms with Crippen molar-refractivity contribution in [3.8, 4) is 0 Å². The van der Waals surface area contributed by atoms with Crippen LogP contribution in [0.3, 0.4) is 0 Å². The third-order valence-electron chi connectivity index (χ3n) is 5.46. The second-order valence-electron chi connectivity index (χ2n) is 8.44. The highest BCUT2D eigenvalue weighted by molar-refractivity contribution is 5.02. The van der Waals surface area contributed by atoms with Gasteiger partial charge in [-0.15, -0.1) is 0 Å². The highest BCUT2D eigenvalue weighted by atomic mass is 16.7. The van der Waals surface area contributed by atoms with E-state index in [2.05, 4.69) is 6.08 Å². The topological polar surface area (TPSA) is 158 Å². The Labute approximate surface area is 182 Å². The van der Waals surface area contributed by atoms with Crippen LogP contribution in [0.15, 0.2) is 23.3 Å². The van der Waals surface area contributed by atoms with Crippen LogP contribution in [0.1, 0.15) is 33.6 Å². The Morgan fingerprint density at radius 2 is 1.71 bits per heavy atom. The van der Waals surface area contributed by atoms with Crippen LogP contribution in [0.25, 0.3) is 0 Å². The normalized spacial score (nSPS) is 39.0. The third-order valence-corrected chi connectivity index (χ3v) is 5.46. The summed E-state index contributed by atoms with van der Waals surface area (Å²) in [6.07, 6.45) is -3.70. The van der Waals surface area contributed by atoms with Crippen molar-refractivity contribution in [3.63, 3.8) is 0 Å². The fourth-order valence-electron chi connectivity index (χ4n) is 3.29. The number of hydrogen-bond donors (Lipinski definition) is 6. The van der Waals surface area contributed by atoms with Crippen molar-refractivity contribution in [3.05, 3.63) is 23.3 Å². The van der Waals surface area contributed by atoms with Crippen molar-refractivity contribution in [1.82, 2.24) is 0 Å². The van der Waals surface area contributed by atoms with E-state index in [4.69, 9.17) is 24.1 Å². The van der Waals surface area contributed by atoms with E-state index in [1.807, 2.05) is 26.8 Å². The van der Waals surface area contributed by atoms with E-state index in [1.165, 1.54) is 5.57 Å². The van der Waals surface area contributed by atoms with Gasteiger partial charge in [-0.2, -0.15) is 0 Å². The second kappa shape index (κ2) is 11.8. The fraction of sp³-hybridized carbons (Fsp3) is 0.810. The molecular weight excluding hydrogens is 412 g/mol. The van der Waals surface area contributed by atoms with Gasteiger partial charge in [-0.05, 0) is 33.6 Å². The molecule has 0 unspecified atom stereocenters. The van der Waals surface area contributed by atoms with Crippen LogP contribution in [-0.4, -0.2) is 106 Å². The monoisotopic (exact) mass is 448 g/mol. The summed E-state index contributed by atoms with van der Waals surface area (Å²) in [7, 11) is 0. The highest BCUT2D eigenvalue weighted by Gasteiger charge is 2.50. The number of rotatable bonds is 10. The zero-order chi connectivity index (χ0) is 23.2. The summed E-state index contributed by atoms with van der Waals surface area (Å²) in [6, 6.07) is 0. The predicted molar refractivity (Wildman–Crippen MR) is 109 cm³/mol. The summed E-state index contributed by atoms with van der Waals surface area (Å²) >= 11 is 0. The molecule has 31 heavy (non-hydrogen) atoms. The lowest BCUT2D eigenvalue weighted by molar-refractivity contribution is -0.307. The van der Waals surface area contributed by atoms with E-state index < -0.39 is 55.3 Å². The molecule has 0 radical (unpaired) electrons. The molecule has 0 aromatic rings. The SMILES string of the molecule is CC(C)=CCC/C(C)=C/CO[C@@H]1O[C@H](CO[C@@H]2OC[C@@](O)(CO)[C@@H]2O)[C@@H](O)[C@H](O)[C@H]1O. The summed E-state index contributed by atoms with van der Waals surface area (Å²) in [5, 5.41) is 59.7. The van der Waals surface area contributed by atoms with Gasteiger partial charge in [0.25, 0.3) is 0 Å². The molecule has 2 heterocycles. The Bertz CT molecular complexity index is 619. The van der Waals surface area contributed by atoms with Crippen LogP contribution in [0.4, 0.5) is 0 Å². The molecule has 0 amide bonds. The van der Waals surface area contributed by atoms with E-state index in [9.17, 15) is 25.5 Å². The van der Waals surface area contributed by atoms with E-state index in [-0.39, 0.29) is 19.8 Å². The van der Waals surface area contributed by atoms with Gasteiger partial charge in [0.1, 0.15) is 36.1 Å². The maximum atomic E-state index is 10.2. The predicted octanol–water partition coefficient (Wildman–Crippen LogP) is -1.04. The zero-order valence-corrected chi connectivity index (χ0v) is 18.3. The standard InChI is InChI=1S/C21H36O10/c1-12(2)5-4-6-13(3)7-8-28-19-17(25)16(24)15(23)14(31-19)9-29-20-18(26)21(27,10-22)11-30-20/h5,7,14-20,22-27H,4,6,8-11H2,1-3H3/b13-7+/t14-,15-,16+,17-,18-,19-,20-,21+/m1/s1. The van der Waals surface area contributed by atoms with Crippen LogP contribution in [0.5, 0.6) is 0 Å². The maximum absolute atomic E-state index is 10.2. The van der Waals surface area contributed by atoms with Gasteiger partial charge >= 0.3 is 0 Å². The Hall–Kier alpha value is -0.920. The molecule has 2 saturated heterocycles. The molecule has 2 fully saturated rings. The number of allylic oxidation sites excluding steroid dienone is 3. The molecule has 180 valence electrons. The minimum absolute atomic E-state index is 0.146. The number of hydrogen-bond acceptors (Lipinski definition) is 10. The van der Waals surface area contributed by atoms with Crippen molar-refractivity contribution in [1.29, 1.82) is 0 Å². The third kappa shape index (κ3) is 7.03. The van der Waals surface area contributed by atoms with Gasteiger partial charge in [-0.25, -0.2) is 0 Å². The Morgan fingerprint density at radius 1 is 1.00 bits per heavy atom. The van der Waals surface area contributed by atoms with Crippen molar-refractivity contribution in [2.75, 3.05) is 26.4 Å². The first-order valence-electron chi connectivity index (χ1n) is 10.4. The van der Waals surface area contributed by atoms with Gasteiger partial charge < -0.3 is 49.6 Å². The van der Waals surface area contributed by atoms with Crippen molar-refractivity contribution in [2.24, 2.45) is 0 Å². The molecule has 2 rings (SSSR count). The first kappa shape index (κ1) is 26.3. The number of aliphatic hydroxyl groups excluding tert-OH is 5. The van der Waals surface area contributed by atoms with Crippen LogP contribution < -0.4 is 0 Å². The van der Waals surface area contributed by atoms with Gasteiger partial charge in [0, 0.05) is 0 Å². The van der Waals surface area contributed by atoms with E-state index in [0.717, 1.165) is 18.4 Å². The molecule has 10 heteroatoms. The van der Waals surface area contributed by atoms with E-state index >= 15 is 0 Å². The smallest absolute Gasteiger partial charge is 0.187 e. The minimum atomic E-state index is -1.84. The highest BCUT2D eigenvalue weighted by Crippen LogP contribution is 2.27. The largest absolute Gasteiger partial charge is 0.393 e. The molecule has 0 aromatic heterocycles. The van der Waals surface area contributed by atoms with Crippen molar-refractivity contribution in [2.45, 2.75) is 82.3 Å². The Balaban J connectivity index is 1.86. The molecule has 0 spiro atoms. The molecule has 2 aliphatic rings. The number of ether oxygens (including phenoxy) is 4. The Morgan fingerprint density at radius 3 is 2.32 bits per heavy atom. The summed E-state index contributed by atoms with van der Waals surface area (Å²) in [5.41, 5.74) is 0.514. The average Bonchev–Trinajstić information content (AvgIpc) is 3.01. The van der Waals surface area contributed by atoms with E-state index in [1.54, 1.807) is 0 Å². The van der Waals surface area contributed by atoms with Crippen LogP contribution in [-0.2, 0) is 18.9 Å². The minimum Gasteiger partial charge on any atom is -0.393 e. The summed E-state index contributed by atoms with van der Waals surface area (Å²) in [6.45, 7) is 4.84. The van der Waals surface area contributed by atoms with Gasteiger partial charge in [-0.3, -0.25) is 0 Å². The second-order valence-corrected chi connectivity index (χ2v) is 8.44. The average molecular weight is 449 g/mol. The number of aliphatic hydroxyl groups is 6. The first-order valence-corrected chi connectivity index (χ1v) is 10.4. The lowest BCUT2D eigenvalue weighted by Gasteiger charge is -2.40. The Kier molecular flexibility index (Phi) is 10.0. The molecule has 2 aliphatic heterocycles. The van der Waals surface area contributed by atoms with Crippen molar-refractivity contribution >= 4 is 0 Å². The maximum Gasteiger partial charge on any atom is 0.187 e. The first-order chi connectivity index (χ1) is 14.6. The summed E-state index contributed by atoms with van der Waals surface area (Å²) in [5.74, 6) is 0. The van der Waals surface area contributed by atoms with Gasteiger partial charge in [-0.1, -0.05) is 23.3 Å². The fourth-order valence-corrected chi connectivity index (χ4v) is 3.29. The van der Waals surface area contributed by atoms with Gasteiger partial charge in [0.2, 0.25) is 0 Å². The summed E-state index contributed by atoms with van der Waals surface area (Å²) < 4.78 is 21.6. The quantitative estimate of drug-likeness (QED) is 0.228. The molecule has 0 saturated carbocycles. The molecule has 10 nitrogen and oxygen atoms in total. The van der Waals surface area contributed by atoms with Crippen LogP contribution in [0, 0.1) is 0 Å².